The highest BCUT2D eigenvalue weighted by Gasteiger charge is 2.17. The molecule has 0 radical (unpaired) electrons. The molecule has 184 valence electrons. The molecule has 0 atom stereocenters. The fourth-order valence-electron chi connectivity index (χ4n) is 3.79. The highest BCUT2D eigenvalue weighted by Crippen LogP contribution is 2.26. The number of para-hydroxylation sites is 1. The summed E-state index contributed by atoms with van der Waals surface area (Å²) in [4.78, 5) is 23.6. The second-order valence-corrected chi connectivity index (χ2v) is 8.67. The minimum absolute atomic E-state index is 0.000599. The predicted molar refractivity (Wildman–Crippen MR) is 138 cm³/mol. The number of nitrogens with one attached hydrogen (secondary N) is 1. The number of carbonyl (C=O) groups is 1. The van der Waals surface area contributed by atoms with Crippen molar-refractivity contribution >= 4 is 11.6 Å². The lowest BCUT2D eigenvalue weighted by molar-refractivity contribution is -0.384. The first-order valence-corrected chi connectivity index (χ1v) is 11.7. The molecule has 8 heteroatoms. The predicted octanol–water partition coefficient (Wildman–Crippen LogP) is 5.23. The van der Waals surface area contributed by atoms with E-state index >= 15 is 0 Å². The Kier molecular flexibility index (Phi) is 7.87. The van der Waals surface area contributed by atoms with E-state index in [1.165, 1.54) is 12.1 Å². The molecule has 3 aromatic carbocycles. The molecule has 0 fully saturated rings. The van der Waals surface area contributed by atoms with Crippen LogP contribution in [0.25, 0.3) is 16.9 Å². The standard InChI is InChI=1S/C28H28N4O4/c1-20(2)36-19-23-9-7-6-8-22(23)17-29-27(33)16-24-18-31(25-10-4-3-5-11-25)30-28(24)21-12-14-26(15-13-21)32(34)35/h3-15,18,20H,16-17,19H2,1-2H3,(H,29,33). The Morgan fingerprint density at radius 1 is 0.972 bits per heavy atom. The van der Waals surface area contributed by atoms with E-state index < -0.39 is 4.92 Å². The van der Waals surface area contributed by atoms with Crippen LogP contribution in [0.3, 0.4) is 0 Å². The topological polar surface area (TPSA) is 99.3 Å². The van der Waals surface area contributed by atoms with Crippen molar-refractivity contribution < 1.29 is 14.5 Å². The van der Waals surface area contributed by atoms with Crippen LogP contribution in [0.1, 0.15) is 30.5 Å². The monoisotopic (exact) mass is 484 g/mol. The number of rotatable bonds is 10. The molecule has 1 amide bonds. The van der Waals surface area contributed by atoms with Gasteiger partial charge in [-0.05, 0) is 49.2 Å². The molecule has 0 aliphatic heterocycles. The Morgan fingerprint density at radius 3 is 2.31 bits per heavy atom. The van der Waals surface area contributed by atoms with E-state index in [0.717, 1.165) is 22.4 Å². The van der Waals surface area contributed by atoms with Gasteiger partial charge in [-0.2, -0.15) is 5.10 Å². The van der Waals surface area contributed by atoms with Crippen molar-refractivity contribution in [2.45, 2.75) is 39.5 Å². The highest BCUT2D eigenvalue weighted by molar-refractivity contribution is 5.81. The summed E-state index contributed by atoms with van der Waals surface area (Å²) >= 11 is 0. The van der Waals surface area contributed by atoms with Crippen molar-refractivity contribution in [3.63, 3.8) is 0 Å². The SMILES string of the molecule is CC(C)OCc1ccccc1CNC(=O)Cc1cn(-c2ccccc2)nc1-c1ccc([N+](=O)[O-])cc1. The molecule has 8 nitrogen and oxygen atoms in total. The van der Waals surface area contributed by atoms with Gasteiger partial charge in [-0.3, -0.25) is 14.9 Å². The first kappa shape index (κ1) is 24.8. The third-order valence-electron chi connectivity index (χ3n) is 5.68. The average Bonchev–Trinajstić information content (AvgIpc) is 3.31. The molecule has 0 saturated heterocycles. The van der Waals surface area contributed by atoms with Gasteiger partial charge in [0.05, 0.1) is 35.4 Å². The maximum Gasteiger partial charge on any atom is 0.269 e. The van der Waals surface area contributed by atoms with E-state index in [0.29, 0.717) is 24.4 Å². The summed E-state index contributed by atoms with van der Waals surface area (Å²) in [6.45, 7) is 4.85. The molecule has 1 N–H and O–H groups in total. The van der Waals surface area contributed by atoms with Crippen LogP contribution in [0.15, 0.2) is 85.1 Å². The number of hydrogen-bond donors (Lipinski definition) is 1. The molecule has 0 aliphatic rings. The van der Waals surface area contributed by atoms with Gasteiger partial charge in [-0.15, -0.1) is 0 Å². The lowest BCUT2D eigenvalue weighted by atomic mass is 10.0. The number of nitro groups is 1. The van der Waals surface area contributed by atoms with E-state index in [1.54, 1.807) is 16.8 Å². The lowest BCUT2D eigenvalue weighted by Crippen LogP contribution is -2.25. The number of non-ortho nitro benzene ring substituents is 1. The van der Waals surface area contributed by atoms with Crippen LogP contribution < -0.4 is 5.32 Å². The summed E-state index contributed by atoms with van der Waals surface area (Å²) in [6, 6.07) is 23.7. The van der Waals surface area contributed by atoms with E-state index in [-0.39, 0.29) is 24.1 Å². The number of carbonyl (C=O) groups excluding carboxylic acids is 1. The Bertz CT molecular complexity index is 1330. The minimum Gasteiger partial charge on any atom is -0.374 e. The summed E-state index contributed by atoms with van der Waals surface area (Å²) < 4.78 is 7.46. The zero-order valence-corrected chi connectivity index (χ0v) is 20.3. The third-order valence-corrected chi connectivity index (χ3v) is 5.68. The van der Waals surface area contributed by atoms with Gasteiger partial charge in [0.1, 0.15) is 0 Å². The number of nitro benzene ring substituents is 1. The van der Waals surface area contributed by atoms with E-state index in [4.69, 9.17) is 9.84 Å². The molecule has 4 rings (SSSR count). The van der Waals surface area contributed by atoms with Gasteiger partial charge in [-0.25, -0.2) is 4.68 Å². The molecule has 36 heavy (non-hydrogen) atoms. The smallest absolute Gasteiger partial charge is 0.269 e. The van der Waals surface area contributed by atoms with Crippen LogP contribution in [0.5, 0.6) is 0 Å². The van der Waals surface area contributed by atoms with Gasteiger partial charge in [-0.1, -0.05) is 42.5 Å². The van der Waals surface area contributed by atoms with Crippen molar-refractivity contribution in [3.05, 3.63) is 112 Å². The van der Waals surface area contributed by atoms with Crippen LogP contribution >= 0.6 is 0 Å². The fraction of sp³-hybridized carbons (Fsp3) is 0.214. The maximum absolute atomic E-state index is 13.0. The first-order valence-electron chi connectivity index (χ1n) is 11.7. The number of aromatic nitrogens is 2. The van der Waals surface area contributed by atoms with Crippen LogP contribution in [0, 0.1) is 10.1 Å². The number of benzene rings is 3. The van der Waals surface area contributed by atoms with Crippen LogP contribution in [0.4, 0.5) is 5.69 Å². The third kappa shape index (κ3) is 6.22. The largest absolute Gasteiger partial charge is 0.374 e. The molecular formula is C28H28N4O4. The molecule has 4 aromatic rings. The van der Waals surface area contributed by atoms with E-state index in [9.17, 15) is 14.9 Å². The molecule has 0 unspecified atom stereocenters. The average molecular weight is 485 g/mol. The first-order chi connectivity index (χ1) is 17.4. The maximum atomic E-state index is 13.0. The molecule has 1 aromatic heterocycles. The molecule has 0 saturated carbocycles. The Morgan fingerprint density at radius 2 is 1.64 bits per heavy atom. The minimum atomic E-state index is -0.440. The normalized spacial score (nSPS) is 11.0. The van der Waals surface area contributed by atoms with Crippen molar-refractivity contribution in [1.82, 2.24) is 15.1 Å². The van der Waals surface area contributed by atoms with Crippen LogP contribution in [-0.2, 0) is 29.1 Å². The summed E-state index contributed by atoms with van der Waals surface area (Å²) in [5.74, 6) is -0.148. The second-order valence-electron chi connectivity index (χ2n) is 8.67. The van der Waals surface area contributed by atoms with E-state index in [2.05, 4.69) is 5.32 Å². The molecule has 0 spiro atoms. The second kappa shape index (κ2) is 11.4. The Labute approximate surface area is 209 Å². The van der Waals surface area contributed by atoms with Crippen molar-refractivity contribution in [3.8, 4) is 16.9 Å². The van der Waals surface area contributed by atoms with E-state index in [1.807, 2.05) is 74.6 Å². The zero-order chi connectivity index (χ0) is 25.5. The quantitative estimate of drug-likeness (QED) is 0.245. The Balaban J connectivity index is 1.54. The van der Waals surface area contributed by atoms with Gasteiger partial charge in [0.2, 0.25) is 5.91 Å². The zero-order valence-electron chi connectivity index (χ0n) is 20.3. The molecular weight excluding hydrogens is 456 g/mol. The number of amides is 1. The van der Waals surface area contributed by atoms with Gasteiger partial charge in [0.15, 0.2) is 0 Å². The highest BCUT2D eigenvalue weighted by atomic mass is 16.6. The van der Waals surface area contributed by atoms with Crippen molar-refractivity contribution in [2.24, 2.45) is 0 Å². The number of nitrogens with zero attached hydrogens (tertiary/aromatic N) is 3. The summed E-state index contributed by atoms with van der Waals surface area (Å²) in [5.41, 5.74) is 4.93. The molecule has 1 heterocycles. The Hall–Kier alpha value is -4.30. The van der Waals surface area contributed by atoms with Gasteiger partial charge >= 0.3 is 0 Å². The number of hydrogen-bond acceptors (Lipinski definition) is 5. The van der Waals surface area contributed by atoms with Crippen molar-refractivity contribution in [2.75, 3.05) is 0 Å². The fourth-order valence-corrected chi connectivity index (χ4v) is 3.79. The molecule has 0 bridgehead atoms. The molecule has 0 aliphatic carbocycles. The lowest BCUT2D eigenvalue weighted by Gasteiger charge is -2.13. The van der Waals surface area contributed by atoms with Gasteiger partial charge in [0, 0.05) is 36.0 Å². The summed E-state index contributed by atoms with van der Waals surface area (Å²) in [7, 11) is 0. The summed E-state index contributed by atoms with van der Waals surface area (Å²) in [5, 5.41) is 18.8. The summed E-state index contributed by atoms with van der Waals surface area (Å²) in [6.07, 6.45) is 2.06. The number of ether oxygens (including phenoxy) is 1. The van der Waals surface area contributed by atoms with Gasteiger partial charge in [0.25, 0.3) is 5.69 Å². The van der Waals surface area contributed by atoms with Crippen LogP contribution in [0.2, 0.25) is 0 Å². The van der Waals surface area contributed by atoms with Crippen LogP contribution in [-0.4, -0.2) is 26.7 Å². The van der Waals surface area contributed by atoms with Gasteiger partial charge < -0.3 is 10.1 Å². The van der Waals surface area contributed by atoms with Crippen molar-refractivity contribution in [1.29, 1.82) is 0 Å².